The second-order valence-corrected chi connectivity index (χ2v) is 6.68. The quantitative estimate of drug-likeness (QED) is 0.540. The summed E-state index contributed by atoms with van der Waals surface area (Å²) in [6.07, 6.45) is -1.10. The van der Waals surface area contributed by atoms with Crippen LogP contribution in [0.3, 0.4) is 0 Å². The summed E-state index contributed by atoms with van der Waals surface area (Å²) < 4.78 is 44.4. The average Bonchev–Trinajstić information content (AvgIpc) is 2.71. The Hall–Kier alpha value is -3.13. The molecule has 1 N–H and O–H groups in total. The van der Waals surface area contributed by atoms with Gasteiger partial charge in [-0.25, -0.2) is 4.98 Å². The summed E-state index contributed by atoms with van der Waals surface area (Å²) in [5.74, 6) is -0.648. The van der Waals surface area contributed by atoms with Crippen molar-refractivity contribution in [3.05, 3.63) is 76.7 Å². The molecule has 0 saturated heterocycles. The lowest BCUT2D eigenvalue weighted by molar-refractivity contribution is -0.138. The molecule has 1 amide bonds. The number of benzene rings is 1. The Kier molecular flexibility index (Phi) is 6.56. The van der Waals surface area contributed by atoms with Gasteiger partial charge in [-0.15, -0.1) is 0 Å². The summed E-state index contributed by atoms with van der Waals surface area (Å²) in [5, 5.41) is 3.13. The number of ether oxygens (including phenoxy) is 1. The molecule has 0 atom stereocenters. The lowest BCUT2D eigenvalue weighted by Crippen LogP contribution is -2.15. The maximum absolute atomic E-state index is 13.0. The van der Waals surface area contributed by atoms with Crippen LogP contribution in [-0.2, 0) is 23.8 Å². The first-order chi connectivity index (χ1) is 14.3. The van der Waals surface area contributed by atoms with Crippen molar-refractivity contribution in [1.29, 1.82) is 0 Å². The van der Waals surface area contributed by atoms with E-state index in [2.05, 4.69) is 15.3 Å². The molecule has 2 aromatic heterocycles. The predicted molar refractivity (Wildman–Crippen MR) is 107 cm³/mol. The highest BCUT2D eigenvalue weighted by Gasteiger charge is 2.35. The van der Waals surface area contributed by atoms with Crippen LogP contribution in [-0.4, -0.2) is 15.9 Å². The van der Waals surface area contributed by atoms with Crippen molar-refractivity contribution >= 4 is 23.2 Å². The van der Waals surface area contributed by atoms with E-state index in [1.54, 1.807) is 24.4 Å². The molecule has 2 heterocycles. The smallest absolute Gasteiger partial charge is 0.421 e. The van der Waals surface area contributed by atoms with E-state index in [0.717, 1.165) is 6.07 Å². The molecular weight excluding hydrogens is 419 g/mol. The Morgan fingerprint density at radius 1 is 1.10 bits per heavy atom. The Morgan fingerprint density at radius 3 is 2.50 bits per heavy atom. The summed E-state index contributed by atoms with van der Waals surface area (Å²) >= 11 is 6.22. The molecule has 3 aromatic rings. The van der Waals surface area contributed by atoms with E-state index in [4.69, 9.17) is 16.3 Å². The van der Waals surface area contributed by atoms with Crippen LogP contribution < -0.4 is 10.1 Å². The first-order valence-electron chi connectivity index (χ1n) is 9.00. The fourth-order valence-corrected chi connectivity index (χ4v) is 2.98. The van der Waals surface area contributed by atoms with Crippen molar-refractivity contribution < 1.29 is 22.7 Å². The van der Waals surface area contributed by atoms with E-state index < -0.39 is 17.6 Å². The van der Waals surface area contributed by atoms with Gasteiger partial charge < -0.3 is 10.1 Å². The van der Waals surface area contributed by atoms with Gasteiger partial charge >= 0.3 is 6.18 Å². The van der Waals surface area contributed by atoms with Crippen LogP contribution in [0.1, 0.15) is 23.7 Å². The third-order valence-corrected chi connectivity index (χ3v) is 4.57. The zero-order valence-corrected chi connectivity index (χ0v) is 16.6. The molecule has 9 heteroatoms. The predicted octanol–water partition coefficient (Wildman–Crippen LogP) is 5.68. The monoisotopic (exact) mass is 435 g/mol. The molecule has 0 unspecified atom stereocenters. The van der Waals surface area contributed by atoms with Gasteiger partial charge in [-0.1, -0.05) is 30.7 Å². The van der Waals surface area contributed by atoms with E-state index >= 15 is 0 Å². The number of hydrogen-bond acceptors (Lipinski definition) is 4. The molecule has 0 spiro atoms. The summed E-state index contributed by atoms with van der Waals surface area (Å²) in [6.45, 7) is 1.91. The minimum absolute atomic E-state index is 0.0534. The normalized spacial score (nSPS) is 11.2. The van der Waals surface area contributed by atoms with Crippen LogP contribution in [0.4, 0.5) is 18.9 Å². The molecule has 0 radical (unpaired) electrons. The Labute approximate surface area is 175 Å². The van der Waals surface area contributed by atoms with Gasteiger partial charge in [-0.05, 0) is 42.3 Å². The zero-order valence-electron chi connectivity index (χ0n) is 15.8. The number of halogens is 4. The number of nitrogens with one attached hydrogen (secondary N) is 1. The van der Waals surface area contributed by atoms with Gasteiger partial charge in [-0.2, -0.15) is 13.2 Å². The number of carbonyl (C=O) groups excluding carboxylic acids is 1. The van der Waals surface area contributed by atoms with Crippen LogP contribution in [0.2, 0.25) is 5.02 Å². The molecule has 30 heavy (non-hydrogen) atoms. The number of rotatable bonds is 6. The van der Waals surface area contributed by atoms with Crippen molar-refractivity contribution in [2.75, 3.05) is 5.32 Å². The van der Waals surface area contributed by atoms with Gasteiger partial charge in [0.05, 0.1) is 22.8 Å². The molecule has 3 rings (SSSR count). The third kappa shape index (κ3) is 5.27. The van der Waals surface area contributed by atoms with Crippen molar-refractivity contribution in [2.24, 2.45) is 0 Å². The molecule has 0 saturated carbocycles. The zero-order chi connectivity index (χ0) is 21.7. The number of hydrogen-bond donors (Lipinski definition) is 1. The molecule has 0 aliphatic carbocycles. The second kappa shape index (κ2) is 9.13. The summed E-state index contributed by atoms with van der Waals surface area (Å²) in [5.41, 5.74) is 0.846. The number of alkyl halides is 3. The van der Waals surface area contributed by atoms with Gasteiger partial charge in [0.1, 0.15) is 11.3 Å². The summed E-state index contributed by atoms with van der Waals surface area (Å²) in [6, 6.07) is 9.85. The van der Waals surface area contributed by atoms with Gasteiger partial charge in [0, 0.05) is 12.4 Å². The topological polar surface area (TPSA) is 64.1 Å². The van der Waals surface area contributed by atoms with Crippen molar-refractivity contribution in [3.63, 3.8) is 0 Å². The number of carbonyl (C=O) groups is 1. The van der Waals surface area contributed by atoms with E-state index in [-0.39, 0.29) is 18.1 Å². The molecule has 0 bridgehead atoms. The van der Waals surface area contributed by atoms with Crippen molar-refractivity contribution in [1.82, 2.24) is 9.97 Å². The van der Waals surface area contributed by atoms with Gasteiger partial charge in [0.25, 0.3) is 0 Å². The maximum atomic E-state index is 13.0. The van der Waals surface area contributed by atoms with E-state index in [0.29, 0.717) is 28.4 Å². The first kappa shape index (κ1) is 21.6. The molecular formula is C21H17ClF3N3O2. The van der Waals surface area contributed by atoms with E-state index in [9.17, 15) is 18.0 Å². The number of aromatic nitrogens is 2. The lowest BCUT2D eigenvalue weighted by Gasteiger charge is -2.12. The van der Waals surface area contributed by atoms with Crippen molar-refractivity contribution in [3.8, 4) is 11.6 Å². The average molecular weight is 436 g/mol. The number of aryl methyl sites for hydroxylation is 1. The fraction of sp³-hybridized carbons (Fsp3) is 0.190. The molecule has 5 nitrogen and oxygen atoms in total. The standard InChI is InChI=1S/C21H17ClF3N3O2/c1-2-16-19(22)17(9-11-26-16)28-18(29)12-13-5-7-14(8-6-13)30-20-15(21(23,24)25)4-3-10-27-20/h3-11H,2,12H2,1H3,(H,26,28,29). The maximum Gasteiger partial charge on any atom is 0.421 e. The Morgan fingerprint density at radius 2 is 1.83 bits per heavy atom. The van der Waals surface area contributed by atoms with Crippen LogP contribution in [0, 0.1) is 0 Å². The molecule has 0 aliphatic heterocycles. The minimum atomic E-state index is -4.58. The Balaban J connectivity index is 1.66. The van der Waals surface area contributed by atoms with Crippen LogP contribution in [0.5, 0.6) is 11.6 Å². The van der Waals surface area contributed by atoms with Gasteiger partial charge in [-0.3, -0.25) is 9.78 Å². The molecule has 0 fully saturated rings. The van der Waals surface area contributed by atoms with Crippen LogP contribution in [0.15, 0.2) is 54.9 Å². The van der Waals surface area contributed by atoms with Gasteiger partial charge in [0.15, 0.2) is 0 Å². The lowest BCUT2D eigenvalue weighted by atomic mass is 10.1. The SMILES string of the molecule is CCc1nccc(NC(=O)Cc2ccc(Oc3ncccc3C(F)(F)F)cc2)c1Cl. The second-order valence-electron chi connectivity index (χ2n) is 6.30. The highest BCUT2D eigenvalue weighted by atomic mass is 35.5. The van der Waals surface area contributed by atoms with Crippen molar-refractivity contribution in [2.45, 2.75) is 25.9 Å². The molecule has 1 aromatic carbocycles. The summed E-state index contributed by atoms with van der Waals surface area (Å²) in [4.78, 5) is 20.1. The number of pyridine rings is 2. The fourth-order valence-electron chi connectivity index (χ4n) is 2.68. The number of amides is 1. The van der Waals surface area contributed by atoms with E-state index in [1.807, 2.05) is 6.92 Å². The van der Waals surface area contributed by atoms with Crippen LogP contribution >= 0.6 is 11.6 Å². The molecule has 0 aliphatic rings. The van der Waals surface area contributed by atoms with Gasteiger partial charge in [0.2, 0.25) is 11.8 Å². The van der Waals surface area contributed by atoms with Crippen LogP contribution in [0.25, 0.3) is 0 Å². The third-order valence-electron chi connectivity index (χ3n) is 4.15. The largest absolute Gasteiger partial charge is 0.438 e. The highest BCUT2D eigenvalue weighted by molar-refractivity contribution is 6.34. The minimum Gasteiger partial charge on any atom is -0.438 e. The summed E-state index contributed by atoms with van der Waals surface area (Å²) in [7, 11) is 0. The number of anilines is 1. The first-order valence-corrected chi connectivity index (χ1v) is 9.38. The highest BCUT2D eigenvalue weighted by Crippen LogP contribution is 2.36. The molecule has 156 valence electrons. The number of nitrogens with zero attached hydrogens (tertiary/aromatic N) is 2. The van der Waals surface area contributed by atoms with E-state index in [1.165, 1.54) is 24.4 Å². The Bertz CT molecular complexity index is 1040.